The number of aliphatic hydroxyl groups is 1. The van der Waals surface area contributed by atoms with E-state index in [4.69, 9.17) is 16.3 Å². The molecule has 8 nitrogen and oxygen atoms in total. The number of ether oxygens (including phenoxy) is 1. The summed E-state index contributed by atoms with van der Waals surface area (Å²) in [6.45, 7) is 0.602. The molecule has 0 aliphatic carbocycles. The molecule has 0 bridgehead atoms. The van der Waals surface area contributed by atoms with Crippen molar-refractivity contribution in [3.63, 3.8) is 0 Å². The molecule has 0 radical (unpaired) electrons. The number of benzene rings is 2. The molecule has 1 heterocycles. The highest BCUT2D eigenvalue weighted by molar-refractivity contribution is 6.46. The maximum atomic E-state index is 12.8. The molecule has 1 aliphatic rings. The van der Waals surface area contributed by atoms with Gasteiger partial charge in [0, 0.05) is 43.0 Å². The molecule has 156 valence electrons. The smallest absolute Gasteiger partial charge is 0.295 e. The molecule has 1 saturated heterocycles. The summed E-state index contributed by atoms with van der Waals surface area (Å²) in [5.74, 6) is -1.89. The summed E-state index contributed by atoms with van der Waals surface area (Å²) in [5.41, 5.74) is 0.621. The fourth-order valence-electron chi connectivity index (χ4n) is 3.38. The van der Waals surface area contributed by atoms with Crippen molar-refractivity contribution in [3.05, 3.63) is 80.4 Å². The van der Waals surface area contributed by atoms with E-state index in [-0.39, 0.29) is 23.6 Å². The second kappa shape index (κ2) is 9.06. The summed E-state index contributed by atoms with van der Waals surface area (Å²) in [6.07, 6.45) is 0.480. The minimum absolute atomic E-state index is 0.0754. The summed E-state index contributed by atoms with van der Waals surface area (Å²) in [5, 5.41) is 22.3. The SMILES string of the molecule is COCCCN1C(=O)C(=O)C(=C(O)c2ccc(Cl)cc2)C1c1ccc([N+](=O)[O-])cc1. The quantitative estimate of drug-likeness (QED) is 0.179. The summed E-state index contributed by atoms with van der Waals surface area (Å²) < 4.78 is 5.03. The first-order chi connectivity index (χ1) is 14.3. The number of halogens is 1. The average Bonchev–Trinajstić information content (AvgIpc) is 2.99. The van der Waals surface area contributed by atoms with E-state index in [0.717, 1.165) is 0 Å². The average molecular weight is 431 g/mol. The predicted octanol–water partition coefficient (Wildman–Crippen LogP) is 3.71. The topological polar surface area (TPSA) is 110 Å². The van der Waals surface area contributed by atoms with Crippen molar-refractivity contribution in [2.75, 3.05) is 20.3 Å². The molecular formula is C21H19ClN2O6. The first-order valence-corrected chi connectivity index (χ1v) is 9.50. The lowest BCUT2D eigenvalue weighted by Gasteiger charge is -2.25. The number of amides is 1. The van der Waals surface area contributed by atoms with Crippen molar-refractivity contribution < 1.29 is 24.4 Å². The summed E-state index contributed by atoms with van der Waals surface area (Å²) in [6, 6.07) is 10.9. The van der Waals surface area contributed by atoms with E-state index < -0.39 is 22.7 Å². The monoisotopic (exact) mass is 430 g/mol. The molecule has 3 rings (SSSR count). The van der Waals surface area contributed by atoms with Gasteiger partial charge in [-0.2, -0.15) is 0 Å². The second-order valence-corrected chi connectivity index (χ2v) is 7.13. The lowest BCUT2D eigenvalue weighted by Crippen LogP contribution is -2.31. The van der Waals surface area contributed by atoms with Gasteiger partial charge in [-0.05, 0) is 48.4 Å². The number of Topliss-reactive ketones (excluding diaryl/α,β-unsaturated/α-hetero) is 1. The highest BCUT2D eigenvalue weighted by atomic mass is 35.5. The van der Waals surface area contributed by atoms with Crippen molar-refractivity contribution in [3.8, 4) is 0 Å². The molecule has 1 atom stereocenters. The lowest BCUT2D eigenvalue weighted by atomic mass is 9.95. The Balaban J connectivity index is 2.11. The molecule has 0 saturated carbocycles. The van der Waals surface area contributed by atoms with Crippen LogP contribution in [-0.2, 0) is 14.3 Å². The summed E-state index contributed by atoms with van der Waals surface area (Å²) >= 11 is 5.89. The van der Waals surface area contributed by atoms with Gasteiger partial charge in [-0.1, -0.05) is 11.6 Å². The van der Waals surface area contributed by atoms with Crippen LogP contribution in [0.1, 0.15) is 23.6 Å². The highest BCUT2D eigenvalue weighted by Gasteiger charge is 2.45. The Morgan fingerprint density at radius 1 is 1.17 bits per heavy atom. The van der Waals surface area contributed by atoms with Crippen molar-refractivity contribution in [1.29, 1.82) is 0 Å². The third-order valence-corrected chi connectivity index (χ3v) is 5.08. The van der Waals surface area contributed by atoms with Gasteiger partial charge in [0.2, 0.25) is 0 Å². The highest BCUT2D eigenvalue weighted by Crippen LogP contribution is 2.39. The van der Waals surface area contributed by atoms with E-state index in [0.29, 0.717) is 29.2 Å². The fraction of sp³-hybridized carbons (Fsp3) is 0.238. The van der Waals surface area contributed by atoms with Crippen LogP contribution in [0, 0.1) is 10.1 Å². The van der Waals surface area contributed by atoms with E-state index in [9.17, 15) is 24.8 Å². The Hall–Kier alpha value is -3.23. The zero-order chi connectivity index (χ0) is 21.8. The van der Waals surface area contributed by atoms with Crippen LogP contribution < -0.4 is 0 Å². The van der Waals surface area contributed by atoms with Gasteiger partial charge in [0.1, 0.15) is 5.76 Å². The Kier molecular flexibility index (Phi) is 6.49. The van der Waals surface area contributed by atoms with Crippen molar-refractivity contribution in [1.82, 2.24) is 4.90 Å². The van der Waals surface area contributed by atoms with Crippen molar-refractivity contribution in [2.45, 2.75) is 12.5 Å². The molecule has 1 N–H and O–H groups in total. The van der Waals surface area contributed by atoms with Gasteiger partial charge in [0.25, 0.3) is 17.4 Å². The van der Waals surface area contributed by atoms with Crippen LogP contribution in [0.4, 0.5) is 5.69 Å². The molecule has 2 aromatic carbocycles. The van der Waals surface area contributed by atoms with Gasteiger partial charge < -0.3 is 14.7 Å². The molecule has 1 amide bonds. The van der Waals surface area contributed by atoms with Crippen LogP contribution >= 0.6 is 11.6 Å². The largest absolute Gasteiger partial charge is 0.507 e. The minimum Gasteiger partial charge on any atom is -0.507 e. The first-order valence-electron chi connectivity index (χ1n) is 9.12. The molecule has 0 spiro atoms. The van der Waals surface area contributed by atoms with Crippen LogP contribution in [-0.4, -0.2) is 46.9 Å². The molecule has 1 fully saturated rings. The number of hydrogen-bond acceptors (Lipinski definition) is 6. The van der Waals surface area contributed by atoms with Crippen LogP contribution in [0.15, 0.2) is 54.1 Å². The van der Waals surface area contributed by atoms with Crippen LogP contribution in [0.25, 0.3) is 5.76 Å². The normalized spacial score (nSPS) is 18.1. The molecule has 1 aliphatic heterocycles. The zero-order valence-electron chi connectivity index (χ0n) is 16.1. The summed E-state index contributed by atoms with van der Waals surface area (Å²) in [4.78, 5) is 37.3. The molecular weight excluding hydrogens is 412 g/mol. The number of nitro groups is 1. The number of methoxy groups -OCH3 is 1. The lowest BCUT2D eigenvalue weighted by molar-refractivity contribution is -0.384. The summed E-state index contributed by atoms with van der Waals surface area (Å²) in [7, 11) is 1.53. The second-order valence-electron chi connectivity index (χ2n) is 6.69. The number of ketones is 1. The molecule has 9 heteroatoms. The van der Waals surface area contributed by atoms with Crippen molar-refractivity contribution in [2.24, 2.45) is 0 Å². The van der Waals surface area contributed by atoms with Gasteiger partial charge in [0.05, 0.1) is 16.5 Å². The van der Waals surface area contributed by atoms with Crippen LogP contribution in [0.5, 0.6) is 0 Å². The van der Waals surface area contributed by atoms with E-state index in [1.807, 2.05) is 0 Å². The standard InChI is InChI=1S/C21H19ClN2O6/c1-30-12-2-11-23-18(13-5-9-16(10-6-13)24(28)29)17(20(26)21(23)27)19(25)14-3-7-15(22)8-4-14/h3-10,18,25H,2,11-12H2,1H3. The van der Waals surface area contributed by atoms with E-state index in [2.05, 4.69) is 0 Å². The van der Waals surface area contributed by atoms with Gasteiger partial charge in [-0.3, -0.25) is 19.7 Å². The van der Waals surface area contributed by atoms with Gasteiger partial charge >= 0.3 is 0 Å². The third-order valence-electron chi connectivity index (χ3n) is 4.82. The predicted molar refractivity (Wildman–Crippen MR) is 110 cm³/mol. The van der Waals surface area contributed by atoms with Crippen LogP contribution in [0.3, 0.4) is 0 Å². The van der Waals surface area contributed by atoms with Gasteiger partial charge in [-0.15, -0.1) is 0 Å². The number of aliphatic hydroxyl groups excluding tert-OH is 1. The fourth-order valence-corrected chi connectivity index (χ4v) is 3.50. The number of nitro benzene ring substituents is 1. The van der Waals surface area contributed by atoms with Gasteiger partial charge in [-0.25, -0.2) is 0 Å². The van der Waals surface area contributed by atoms with E-state index >= 15 is 0 Å². The van der Waals surface area contributed by atoms with E-state index in [1.165, 1.54) is 36.3 Å². The van der Waals surface area contributed by atoms with Crippen LogP contribution in [0.2, 0.25) is 5.02 Å². The number of rotatable bonds is 7. The Morgan fingerprint density at radius 2 is 1.80 bits per heavy atom. The number of carbonyl (C=O) groups is 2. The Morgan fingerprint density at radius 3 is 2.37 bits per heavy atom. The zero-order valence-corrected chi connectivity index (χ0v) is 16.8. The molecule has 30 heavy (non-hydrogen) atoms. The molecule has 0 aromatic heterocycles. The van der Waals surface area contributed by atoms with E-state index in [1.54, 1.807) is 24.3 Å². The minimum atomic E-state index is -0.877. The maximum absolute atomic E-state index is 12.8. The number of non-ortho nitro benzene ring substituents is 1. The number of likely N-dealkylation sites (tertiary alicyclic amines) is 1. The number of hydrogen-bond donors (Lipinski definition) is 1. The molecule has 2 aromatic rings. The Labute approximate surface area is 177 Å². The van der Waals surface area contributed by atoms with Crippen molar-refractivity contribution >= 4 is 34.7 Å². The number of carbonyl (C=O) groups excluding carboxylic acids is 2. The number of nitrogens with zero attached hydrogens (tertiary/aromatic N) is 2. The Bertz CT molecular complexity index is 1000. The van der Waals surface area contributed by atoms with Gasteiger partial charge in [0.15, 0.2) is 0 Å². The first kappa shape index (κ1) is 21.5. The maximum Gasteiger partial charge on any atom is 0.295 e. The molecule has 1 unspecified atom stereocenters. The third kappa shape index (κ3) is 4.19.